The fourth-order valence-corrected chi connectivity index (χ4v) is 4.44. The Balaban J connectivity index is 1.79. The molecule has 0 N–H and O–H groups in total. The predicted octanol–water partition coefficient (Wildman–Crippen LogP) is 8.11. The molecular weight excluding hydrogens is 360 g/mol. The van der Waals surface area contributed by atoms with Crippen LogP contribution < -0.4 is 0 Å². The van der Waals surface area contributed by atoms with Crippen molar-refractivity contribution in [2.24, 2.45) is 0 Å². The topological polar surface area (TPSA) is 25.8 Å². The molecule has 1 aromatic carbocycles. The van der Waals surface area contributed by atoms with E-state index in [1.54, 1.807) is 0 Å². The summed E-state index contributed by atoms with van der Waals surface area (Å²) in [5, 5.41) is 0.676. The molecule has 0 spiro atoms. The third kappa shape index (κ3) is 8.77. The molecule has 0 fully saturated rings. The van der Waals surface area contributed by atoms with Crippen LogP contribution in [0.15, 0.2) is 41.6 Å². The van der Waals surface area contributed by atoms with Crippen LogP contribution in [0.3, 0.4) is 0 Å². The van der Waals surface area contributed by atoms with Gasteiger partial charge in [0.05, 0.1) is 0 Å². The van der Waals surface area contributed by atoms with Crippen molar-refractivity contribution in [3.8, 4) is 11.4 Å². The zero-order valence-electron chi connectivity index (χ0n) is 18.1. The van der Waals surface area contributed by atoms with Crippen molar-refractivity contribution in [1.29, 1.82) is 0 Å². The molecule has 2 nitrogen and oxygen atoms in total. The number of nitrogens with zero attached hydrogens (tertiary/aromatic N) is 2. The summed E-state index contributed by atoms with van der Waals surface area (Å²) in [6.07, 6.45) is 18.3. The Morgan fingerprint density at radius 2 is 1.39 bits per heavy atom. The summed E-state index contributed by atoms with van der Waals surface area (Å²) in [5.41, 5.74) is 2.36. The Kier molecular flexibility index (Phi) is 11.3. The van der Waals surface area contributed by atoms with E-state index in [1.165, 1.54) is 74.7 Å². The van der Waals surface area contributed by atoms with Gasteiger partial charge in [0.25, 0.3) is 0 Å². The molecule has 2 aromatic rings. The van der Waals surface area contributed by atoms with Gasteiger partial charge in [-0.3, -0.25) is 0 Å². The third-order valence-electron chi connectivity index (χ3n) is 5.19. The van der Waals surface area contributed by atoms with E-state index in [1.807, 2.05) is 24.2 Å². The van der Waals surface area contributed by atoms with Crippen molar-refractivity contribution >= 4 is 11.8 Å². The maximum absolute atomic E-state index is 4.59. The quantitative estimate of drug-likeness (QED) is 0.237. The normalized spacial score (nSPS) is 12.2. The van der Waals surface area contributed by atoms with E-state index in [9.17, 15) is 0 Å². The van der Waals surface area contributed by atoms with Crippen molar-refractivity contribution in [1.82, 2.24) is 9.97 Å². The predicted molar refractivity (Wildman–Crippen MR) is 124 cm³/mol. The molecule has 0 aliphatic carbocycles. The van der Waals surface area contributed by atoms with Gasteiger partial charge in [0, 0.05) is 28.1 Å². The van der Waals surface area contributed by atoms with E-state index in [0.717, 1.165) is 17.8 Å². The molecular formula is C25H38N2S. The van der Waals surface area contributed by atoms with Crippen molar-refractivity contribution in [3.63, 3.8) is 0 Å². The van der Waals surface area contributed by atoms with Gasteiger partial charge in [-0.05, 0) is 37.0 Å². The Morgan fingerprint density at radius 1 is 0.786 bits per heavy atom. The van der Waals surface area contributed by atoms with Gasteiger partial charge >= 0.3 is 0 Å². The zero-order chi connectivity index (χ0) is 20.0. The molecule has 1 heterocycles. The Bertz CT molecular complexity index is 637. The first-order valence-corrected chi connectivity index (χ1v) is 12.2. The van der Waals surface area contributed by atoms with E-state index in [0.29, 0.717) is 5.25 Å². The van der Waals surface area contributed by atoms with Gasteiger partial charge in [0.2, 0.25) is 0 Å². The van der Waals surface area contributed by atoms with E-state index in [4.69, 9.17) is 0 Å². The first kappa shape index (κ1) is 22.9. The number of thioether (sulfide) groups is 1. The van der Waals surface area contributed by atoms with Crippen LogP contribution in [0.1, 0.15) is 90.5 Å². The van der Waals surface area contributed by atoms with Crippen LogP contribution in [0.2, 0.25) is 0 Å². The molecule has 0 aliphatic heterocycles. The fourth-order valence-electron chi connectivity index (χ4n) is 3.40. The van der Waals surface area contributed by atoms with Crippen LogP contribution in [0.4, 0.5) is 0 Å². The second-order valence-corrected chi connectivity index (χ2v) is 9.39. The molecule has 0 amide bonds. The van der Waals surface area contributed by atoms with Gasteiger partial charge in [0.1, 0.15) is 0 Å². The lowest BCUT2D eigenvalue weighted by Gasteiger charge is -2.11. The molecule has 154 valence electrons. The van der Waals surface area contributed by atoms with E-state index in [-0.39, 0.29) is 0 Å². The average molecular weight is 399 g/mol. The van der Waals surface area contributed by atoms with Crippen molar-refractivity contribution < 1.29 is 0 Å². The smallest absolute Gasteiger partial charge is 0.159 e. The molecule has 2 rings (SSSR count). The highest BCUT2D eigenvalue weighted by Crippen LogP contribution is 2.28. The number of hydrogen-bond acceptors (Lipinski definition) is 3. The fraction of sp³-hybridized carbons (Fsp3) is 0.600. The summed E-state index contributed by atoms with van der Waals surface area (Å²) in [4.78, 5) is 10.5. The first-order valence-electron chi connectivity index (χ1n) is 11.3. The van der Waals surface area contributed by atoms with E-state index in [2.05, 4.69) is 55.0 Å². The highest BCUT2D eigenvalue weighted by Gasteiger charge is 2.06. The lowest BCUT2D eigenvalue weighted by atomic mass is 10.1. The minimum atomic E-state index is 0.676. The zero-order valence-corrected chi connectivity index (χ0v) is 18.9. The van der Waals surface area contributed by atoms with Crippen molar-refractivity contribution in [2.45, 2.75) is 102 Å². The molecule has 28 heavy (non-hydrogen) atoms. The standard InChI is InChI=1S/C25H38N2S/c1-4-6-8-10-12-14-22-19-26-25(27-20-22)23-15-17-24(18-16-23)28-21(3)13-11-9-7-5-2/h15-21H,4-14H2,1-3H3. The lowest BCUT2D eigenvalue weighted by molar-refractivity contribution is 0.630. The SMILES string of the molecule is CCCCCCCc1cnc(-c2ccc(SC(C)CCCCCC)cc2)nc1. The number of hydrogen-bond donors (Lipinski definition) is 0. The number of rotatable bonds is 14. The molecule has 0 radical (unpaired) electrons. The third-order valence-corrected chi connectivity index (χ3v) is 6.37. The van der Waals surface area contributed by atoms with Crippen LogP contribution in [0.5, 0.6) is 0 Å². The van der Waals surface area contributed by atoms with Gasteiger partial charge in [0.15, 0.2) is 5.82 Å². The molecule has 0 saturated heterocycles. The van der Waals surface area contributed by atoms with E-state index < -0.39 is 0 Å². The maximum atomic E-state index is 4.59. The van der Waals surface area contributed by atoms with Gasteiger partial charge in [-0.25, -0.2) is 9.97 Å². The number of aromatic nitrogens is 2. The van der Waals surface area contributed by atoms with Gasteiger partial charge < -0.3 is 0 Å². The molecule has 0 saturated carbocycles. The monoisotopic (exact) mass is 398 g/mol. The van der Waals surface area contributed by atoms with Crippen LogP contribution >= 0.6 is 11.8 Å². The minimum absolute atomic E-state index is 0.676. The average Bonchev–Trinajstić information content (AvgIpc) is 2.72. The molecule has 0 aliphatic rings. The summed E-state index contributed by atoms with van der Waals surface area (Å²) in [7, 11) is 0. The molecule has 3 heteroatoms. The Hall–Kier alpha value is -1.35. The first-order chi connectivity index (χ1) is 13.7. The molecule has 0 bridgehead atoms. The van der Waals surface area contributed by atoms with Crippen molar-refractivity contribution in [2.75, 3.05) is 0 Å². The molecule has 1 aromatic heterocycles. The second kappa shape index (κ2) is 13.8. The number of unbranched alkanes of at least 4 members (excludes halogenated alkanes) is 7. The molecule has 1 unspecified atom stereocenters. The maximum Gasteiger partial charge on any atom is 0.159 e. The van der Waals surface area contributed by atoms with Crippen LogP contribution in [-0.2, 0) is 6.42 Å². The minimum Gasteiger partial charge on any atom is -0.236 e. The summed E-state index contributed by atoms with van der Waals surface area (Å²) < 4.78 is 0. The van der Waals surface area contributed by atoms with Crippen molar-refractivity contribution in [3.05, 3.63) is 42.2 Å². The summed E-state index contributed by atoms with van der Waals surface area (Å²) >= 11 is 1.98. The van der Waals surface area contributed by atoms with Crippen LogP contribution in [-0.4, -0.2) is 15.2 Å². The molecule has 1 atom stereocenters. The highest BCUT2D eigenvalue weighted by atomic mass is 32.2. The highest BCUT2D eigenvalue weighted by molar-refractivity contribution is 7.99. The summed E-state index contributed by atoms with van der Waals surface area (Å²) in [5.74, 6) is 0.832. The van der Waals surface area contributed by atoms with Gasteiger partial charge in [-0.15, -0.1) is 11.8 Å². The number of benzene rings is 1. The summed E-state index contributed by atoms with van der Waals surface area (Å²) in [6.45, 7) is 6.87. The van der Waals surface area contributed by atoms with Gasteiger partial charge in [-0.1, -0.05) is 84.3 Å². The van der Waals surface area contributed by atoms with E-state index >= 15 is 0 Å². The van der Waals surface area contributed by atoms with Crippen LogP contribution in [0.25, 0.3) is 11.4 Å². The van der Waals surface area contributed by atoms with Gasteiger partial charge in [-0.2, -0.15) is 0 Å². The summed E-state index contributed by atoms with van der Waals surface area (Å²) in [6, 6.07) is 8.75. The second-order valence-electron chi connectivity index (χ2n) is 7.88. The Morgan fingerprint density at radius 3 is 2.04 bits per heavy atom. The largest absolute Gasteiger partial charge is 0.236 e. The Labute approximate surface area is 177 Å². The lowest BCUT2D eigenvalue weighted by Crippen LogP contribution is -1.96. The number of aryl methyl sites for hydroxylation is 1. The van der Waals surface area contributed by atoms with Crippen LogP contribution in [0, 0.1) is 0 Å².